The standard InChI is InChI=1S/C12H11Cl3N2S/c1-17(7-9-3-5-11(14)18-9)6-8-2-4-10(13)16-12(8)15/h2-5H,6-7H2,1H3. The molecule has 0 aliphatic rings. The summed E-state index contributed by atoms with van der Waals surface area (Å²) in [6.07, 6.45) is 0. The Balaban J connectivity index is 2.00. The maximum absolute atomic E-state index is 6.04. The van der Waals surface area contributed by atoms with Crippen LogP contribution >= 0.6 is 46.1 Å². The van der Waals surface area contributed by atoms with E-state index in [0.717, 1.165) is 23.0 Å². The van der Waals surface area contributed by atoms with Crippen LogP contribution in [0.1, 0.15) is 10.4 Å². The van der Waals surface area contributed by atoms with Crippen molar-refractivity contribution in [1.29, 1.82) is 0 Å². The maximum Gasteiger partial charge on any atom is 0.135 e. The van der Waals surface area contributed by atoms with Crippen LogP contribution in [0.3, 0.4) is 0 Å². The van der Waals surface area contributed by atoms with Crippen molar-refractivity contribution in [2.24, 2.45) is 0 Å². The van der Waals surface area contributed by atoms with Crippen molar-refractivity contribution in [2.75, 3.05) is 7.05 Å². The smallest absolute Gasteiger partial charge is 0.135 e. The highest BCUT2D eigenvalue weighted by molar-refractivity contribution is 7.16. The van der Waals surface area contributed by atoms with Gasteiger partial charge in [-0.05, 0) is 25.2 Å². The Bertz CT molecular complexity index is 542. The summed E-state index contributed by atoms with van der Waals surface area (Å²) >= 11 is 19.3. The number of halogens is 3. The summed E-state index contributed by atoms with van der Waals surface area (Å²) in [6.45, 7) is 1.55. The minimum atomic E-state index is 0.413. The van der Waals surface area contributed by atoms with Crippen molar-refractivity contribution >= 4 is 46.1 Å². The third-order valence-corrected chi connectivity index (χ3v) is 4.14. The summed E-state index contributed by atoms with van der Waals surface area (Å²) in [5, 5.41) is 0.870. The van der Waals surface area contributed by atoms with Crippen LogP contribution in [0.15, 0.2) is 24.3 Å². The highest BCUT2D eigenvalue weighted by Crippen LogP contribution is 2.24. The molecule has 0 radical (unpaired) electrons. The Labute approximate surface area is 125 Å². The van der Waals surface area contributed by atoms with E-state index in [9.17, 15) is 0 Å². The van der Waals surface area contributed by atoms with Gasteiger partial charge >= 0.3 is 0 Å². The van der Waals surface area contributed by atoms with Crippen molar-refractivity contribution in [1.82, 2.24) is 9.88 Å². The second-order valence-electron chi connectivity index (χ2n) is 3.96. The molecule has 0 amide bonds. The van der Waals surface area contributed by atoms with E-state index in [0.29, 0.717) is 10.3 Å². The van der Waals surface area contributed by atoms with Crippen molar-refractivity contribution in [3.63, 3.8) is 0 Å². The molecule has 0 spiro atoms. The molecule has 0 aliphatic heterocycles. The van der Waals surface area contributed by atoms with Gasteiger partial charge in [0.2, 0.25) is 0 Å². The molecule has 0 bridgehead atoms. The number of rotatable bonds is 4. The first-order valence-electron chi connectivity index (χ1n) is 5.28. The summed E-state index contributed by atoms with van der Waals surface area (Å²) in [6, 6.07) is 7.59. The normalized spacial score (nSPS) is 11.2. The van der Waals surface area contributed by atoms with Gasteiger partial charge in [0.05, 0.1) is 4.34 Å². The van der Waals surface area contributed by atoms with E-state index in [-0.39, 0.29) is 0 Å². The molecule has 2 rings (SSSR count). The van der Waals surface area contributed by atoms with E-state index >= 15 is 0 Å². The average molecular weight is 322 g/mol. The lowest BCUT2D eigenvalue weighted by Gasteiger charge is -2.16. The Morgan fingerprint density at radius 1 is 1.11 bits per heavy atom. The molecule has 96 valence electrons. The largest absolute Gasteiger partial charge is 0.297 e. The van der Waals surface area contributed by atoms with Gasteiger partial charge in [-0.25, -0.2) is 4.98 Å². The summed E-state index contributed by atoms with van der Waals surface area (Å²) in [7, 11) is 2.03. The monoisotopic (exact) mass is 320 g/mol. The highest BCUT2D eigenvalue weighted by Gasteiger charge is 2.08. The first kappa shape index (κ1) is 14.1. The fraction of sp³-hybridized carbons (Fsp3) is 0.250. The van der Waals surface area contributed by atoms with Crippen molar-refractivity contribution < 1.29 is 0 Å². The van der Waals surface area contributed by atoms with Gasteiger partial charge in [0.1, 0.15) is 10.3 Å². The Kier molecular flexibility index (Phi) is 4.87. The van der Waals surface area contributed by atoms with Gasteiger partial charge in [-0.3, -0.25) is 4.90 Å². The zero-order valence-corrected chi connectivity index (χ0v) is 12.7. The van der Waals surface area contributed by atoms with Crippen molar-refractivity contribution in [2.45, 2.75) is 13.1 Å². The second-order valence-corrected chi connectivity index (χ2v) is 6.51. The van der Waals surface area contributed by atoms with Gasteiger partial charge in [0.15, 0.2) is 0 Å². The van der Waals surface area contributed by atoms with E-state index in [1.807, 2.05) is 25.2 Å². The van der Waals surface area contributed by atoms with Crippen LogP contribution in [-0.2, 0) is 13.1 Å². The molecule has 0 N–H and O–H groups in total. The van der Waals surface area contributed by atoms with Gasteiger partial charge in [-0.15, -0.1) is 11.3 Å². The number of hydrogen-bond donors (Lipinski definition) is 0. The van der Waals surface area contributed by atoms with E-state index in [4.69, 9.17) is 34.8 Å². The number of aromatic nitrogens is 1. The molecule has 18 heavy (non-hydrogen) atoms. The molecule has 0 saturated carbocycles. The fourth-order valence-electron chi connectivity index (χ4n) is 1.61. The molecule has 0 saturated heterocycles. The van der Waals surface area contributed by atoms with Gasteiger partial charge in [0, 0.05) is 23.5 Å². The topological polar surface area (TPSA) is 16.1 Å². The highest BCUT2D eigenvalue weighted by atomic mass is 35.5. The molecule has 2 nitrogen and oxygen atoms in total. The van der Waals surface area contributed by atoms with Crippen LogP contribution in [-0.4, -0.2) is 16.9 Å². The van der Waals surface area contributed by atoms with Crippen LogP contribution < -0.4 is 0 Å². The first-order valence-corrected chi connectivity index (χ1v) is 7.23. The van der Waals surface area contributed by atoms with Crippen LogP contribution in [0.2, 0.25) is 14.6 Å². The molecular formula is C12H11Cl3N2S. The minimum Gasteiger partial charge on any atom is -0.297 e. The molecular weight excluding hydrogens is 311 g/mol. The molecule has 0 atom stereocenters. The lowest BCUT2D eigenvalue weighted by atomic mass is 10.2. The van der Waals surface area contributed by atoms with Crippen LogP contribution in [0.5, 0.6) is 0 Å². The maximum atomic E-state index is 6.04. The summed E-state index contributed by atoms with van der Waals surface area (Å²) in [5.74, 6) is 0. The predicted molar refractivity (Wildman–Crippen MR) is 78.8 cm³/mol. The quantitative estimate of drug-likeness (QED) is 0.756. The molecule has 0 aliphatic carbocycles. The summed E-state index contributed by atoms with van der Waals surface area (Å²) in [4.78, 5) is 7.40. The summed E-state index contributed by atoms with van der Waals surface area (Å²) in [5.41, 5.74) is 0.964. The lowest BCUT2D eigenvalue weighted by Crippen LogP contribution is -2.17. The Morgan fingerprint density at radius 2 is 1.89 bits per heavy atom. The zero-order valence-electron chi connectivity index (χ0n) is 9.66. The van der Waals surface area contributed by atoms with E-state index in [1.165, 1.54) is 4.88 Å². The summed E-state index contributed by atoms with van der Waals surface area (Å²) < 4.78 is 0.810. The van der Waals surface area contributed by atoms with Crippen LogP contribution in [0, 0.1) is 0 Å². The molecule has 0 aromatic carbocycles. The molecule has 0 unspecified atom stereocenters. The van der Waals surface area contributed by atoms with Crippen LogP contribution in [0.4, 0.5) is 0 Å². The third kappa shape index (κ3) is 3.84. The molecule has 2 aromatic heterocycles. The number of pyridine rings is 1. The van der Waals surface area contributed by atoms with Gasteiger partial charge in [-0.2, -0.15) is 0 Å². The average Bonchev–Trinajstić information content (AvgIpc) is 2.68. The predicted octanol–water partition coefficient (Wildman–Crippen LogP) is 4.74. The van der Waals surface area contributed by atoms with E-state index in [1.54, 1.807) is 17.4 Å². The molecule has 6 heteroatoms. The Hall–Kier alpha value is -0.320. The Morgan fingerprint density at radius 3 is 2.50 bits per heavy atom. The molecule has 0 fully saturated rings. The van der Waals surface area contributed by atoms with Crippen molar-refractivity contribution in [3.05, 3.63) is 49.3 Å². The van der Waals surface area contributed by atoms with E-state index < -0.39 is 0 Å². The minimum absolute atomic E-state index is 0.413. The number of nitrogens with zero attached hydrogens (tertiary/aromatic N) is 2. The SMILES string of the molecule is CN(Cc1ccc(Cl)s1)Cc1ccc(Cl)nc1Cl. The number of hydrogen-bond acceptors (Lipinski definition) is 3. The van der Waals surface area contributed by atoms with E-state index in [2.05, 4.69) is 9.88 Å². The van der Waals surface area contributed by atoms with Gasteiger partial charge in [-0.1, -0.05) is 40.9 Å². The lowest BCUT2D eigenvalue weighted by molar-refractivity contribution is 0.321. The first-order chi connectivity index (χ1) is 8.54. The molecule has 2 heterocycles. The zero-order chi connectivity index (χ0) is 13.1. The number of thiophene rings is 1. The second kappa shape index (κ2) is 6.22. The van der Waals surface area contributed by atoms with Gasteiger partial charge in [0.25, 0.3) is 0 Å². The van der Waals surface area contributed by atoms with Crippen molar-refractivity contribution in [3.8, 4) is 0 Å². The fourth-order valence-corrected chi connectivity index (χ4v) is 3.18. The molecule has 2 aromatic rings. The third-order valence-electron chi connectivity index (χ3n) is 2.39. The van der Waals surface area contributed by atoms with Gasteiger partial charge < -0.3 is 0 Å². The van der Waals surface area contributed by atoms with Crippen LogP contribution in [0.25, 0.3) is 0 Å².